The van der Waals surface area contributed by atoms with Crippen LogP contribution in [-0.4, -0.2) is 72.5 Å². The molecule has 0 aromatic heterocycles. The van der Waals surface area contributed by atoms with Crippen molar-refractivity contribution >= 4 is 5.91 Å². The molecule has 1 saturated carbocycles. The highest BCUT2D eigenvalue weighted by Crippen LogP contribution is 2.32. The molecule has 0 N–H and O–H groups in total. The van der Waals surface area contributed by atoms with Crippen LogP contribution >= 0.6 is 0 Å². The molecule has 4 heteroatoms. The smallest absolute Gasteiger partial charge is 0.226 e. The van der Waals surface area contributed by atoms with Crippen molar-refractivity contribution in [2.24, 2.45) is 11.8 Å². The average Bonchev–Trinajstić information content (AvgIpc) is 3.47. The van der Waals surface area contributed by atoms with Crippen molar-refractivity contribution < 1.29 is 4.79 Å². The van der Waals surface area contributed by atoms with E-state index in [0.29, 0.717) is 18.0 Å². The van der Waals surface area contributed by atoms with Gasteiger partial charge in [0.15, 0.2) is 0 Å². The highest BCUT2D eigenvalue weighted by atomic mass is 16.2. The molecule has 1 amide bonds. The molecule has 4 aliphatic rings. The summed E-state index contributed by atoms with van der Waals surface area (Å²) in [6.45, 7) is 5.61. The lowest BCUT2D eigenvalue weighted by molar-refractivity contribution is -0.136. The molecule has 158 valence electrons. The molecular weight excluding hydrogens is 358 g/mol. The zero-order chi connectivity index (χ0) is 19.8. The van der Waals surface area contributed by atoms with Gasteiger partial charge in [-0.05, 0) is 88.0 Å². The fraction of sp³-hybridized carbons (Fsp3) is 0.720. The molecule has 1 aromatic carbocycles. The monoisotopic (exact) mass is 395 g/mol. The molecule has 4 nitrogen and oxygen atoms in total. The number of rotatable bonds is 5. The normalized spacial score (nSPS) is 27.1. The Balaban J connectivity index is 1.11. The maximum absolute atomic E-state index is 12.9. The van der Waals surface area contributed by atoms with Crippen LogP contribution in [0.5, 0.6) is 0 Å². The molecule has 0 bridgehead atoms. The summed E-state index contributed by atoms with van der Waals surface area (Å²) in [5.41, 5.74) is 3.12. The number of piperidine rings is 2. The van der Waals surface area contributed by atoms with Crippen LogP contribution < -0.4 is 0 Å². The van der Waals surface area contributed by atoms with E-state index in [1.807, 2.05) is 11.9 Å². The SMILES string of the molecule is CN(CC1CC1)C(=O)C1CCCN(C2CCN(C3Cc4ccccc4C3)CC2)C1. The van der Waals surface area contributed by atoms with Crippen molar-refractivity contribution in [2.45, 2.75) is 63.5 Å². The first-order valence-electron chi connectivity index (χ1n) is 12.0. The molecule has 29 heavy (non-hydrogen) atoms. The lowest BCUT2D eigenvalue weighted by Gasteiger charge is -2.43. The highest BCUT2D eigenvalue weighted by molar-refractivity contribution is 5.79. The fourth-order valence-corrected chi connectivity index (χ4v) is 6.04. The number of fused-ring (bicyclic) bond motifs is 1. The van der Waals surface area contributed by atoms with Crippen molar-refractivity contribution in [2.75, 3.05) is 39.8 Å². The summed E-state index contributed by atoms with van der Waals surface area (Å²) >= 11 is 0. The molecule has 1 aromatic rings. The third-order valence-electron chi connectivity index (χ3n) is 7.97. The van der Waals surface area contributed by atoms with E-state index in [0.717, 1.165) is 25.4 Å². The van der Waals surface area contributed by atoms with Gasteiger partial charge in [-0.1, -0.05) is 24.3 Å². The van der Waals surface area contributed by atoms with Gasteiger partial charge in [-0.2, -0.15) is 0 Å². The number of amides is 1. The van der Waals surface area contributed by atoms with Gasteiger partial charge in [0.2, 0.25) is 5.91 Å². The first-order valence-corrected chi connectivity index (χ1v) is 12.0. The van der Waals surface area contributed by atoms with E-state index < -0.39 is 0 Å². The molecule has 0 radical (unpaired) electrons. The van der Waals surface area contributed by atoms with Gasteiger partial charge in [0.25, 0.3) is 0 Å². The third kappa shape index (κ3) is 4.39. The van der Waals surface area contributed by atoms with Gasteiger partial charge in [0.05, 0.1) is 5.92 Å². The zero-order valence-electron chi connectivity index (χ0n) is 18.1. The van der Waals surface area contributed by atoms with Gasteiger partial charge in [-0.25, -0.2) is 0 Å². The number of hydrogen-bond donors (Lipinski definition) is 0. The Labute approximate surface area is 176 Å². The maximum Gasteiger partial charge on any atom is 0.226 e. The lowest BCUT2D eigenvalue weighted by atomic mass is 9.92. The van der Waals surface area contributed by atoms with E-state index in [2.05, 4.69) is 34.1 Å². The van der Waals surface area contributed by atoms with E-state index in [-0.39, 0.29) is 5.92 Å². The van der Waals surface area contributed by atoms with E-state index in [4.69, 9.17) is 0 Å². The van der Waals surface area contributed by atoms with Crippen molar-refractivity contribution in [1.82, 2.24) is 14.7 Å². The Morgan fingerprint density at radius 2 is 1.62 bits per heavy atom. The lowest BCUT2D eigenvalue weighted by Crippen LogP contribution is -2.52. The minimum Gasteiger partial charge on any atom is -0.345 e. The second-order valence-corrected chi connectivity index (χ2v) is 10.1. The van der Waals surface area contributed by atoms with Crippen LogP contribution in [0.4, 0.5) is 0 Å². The summed E-state index contributed by atoms with van der Waals surface area (Å²) in [4.78, 5) is 20.4. The zero-order valence-corrected chi connectivity index (χ0v) is 18.1. The Bertz CT molecular complexity index is 698. The molecule has 1 unspecified atom stereocenters. The maximum atomic E-state index is 12.9. The van der Waals surface area contributed by atoms with Crippen molar-refractivity contribution in [3.05, 3.63) is 35.4 Å². The summed E-state index contributed by atoms with van der Waals surface area (Å²) in [5, 5.41) is 0. The van der Waals surface area contributed by atoms with Crippen LogP contribution in [0.2, 0.25) is 0 Å². The number of likely N-dealkylation sites (tertiary alicyclic amines) is 2. The van der Waals surface area contributed by atoms with Gasteiger partial charge < -0.3 is 4.90 Å². The third-order valence-corrected chi connectivity index (χ3v) is 7.97. The van der Waals surface area contributed by atoms with E-state index in [1.54, 1.807) is 11.1 Å². The Morgan fingerprint density at radius 1 is 0.931 bits per heavy atom. The van der Waals surface area contributed by atoms with Crippen molar-refractivity contribution in [1.29, 1.82) is 0 Å². The fourth-order valence-electron chi connectivity index (χ4n) is 6.04. The average molecular weight is 396 g/mol. The number of carbonyl (C=O) groups is 1. The first-order chi connectivity index (χ1) is 14.2. The highest BCUT2D eigenvalue weighted by Gasteiger charge is 2.36. The van der Waals surface area contributed by atoms with Gasteiger partial charge in [-0.3, -0.25) is 14.6 Å². The molecule has 1 atom stereocenters. The predicted molar refractivity (Wildman–Crippen MR) is 117 cm³/mol. The van der Waals surface area contributed by atoms with Gasteiger partial charge in [-0.15, -0.1) is 0 Å². The molecule has 5 rings (SSSR count). The number of carbonyl (C=O) groups excluding carboxylic acids is 1. The largest absolute Gasteiger partial charge is 0.345 e. The van der Waals surface area contributed by atoms with Gasteiger partial charge in [0, 0.05) is 32.2 Å². The van der Waals surface area contributed by atoms with Crippen LogP contribution in [0.1, 0.15) is 49.7 Å². The summed E-state index contributed by atoms with van der Waals surface area (Å²) < 4.78 is 0. The number of nitrogens with zero attached hydrogens (tertiary/aromatic N) is 3. The van der Waals surface area contributed by atoms with Crippen LogP contribution in [0.15, 0.2) is 24.3 Å². The molecule has 2 aliphatic carbocycles. The van der Waals surface area contributed by atoms with Crippen LogP contribution in [-0.2, 0) is 17.6 Å². The van der Waals surface area contributed by atoms with E-state index in [1.165, 1.54) is 64.6 Å². The second kappa shape index (κ2) is 8.39. The summed E-state index contributed by atoms with van der Waals surface area (Å²) in [5.74, 6) is 1.42. The summed E-state index contributed by atoms with van der Waals surface area (Å²) in [6, 6.07) is 10.4. The standard InChI is InChI=1S/C25H37N3O/c1-26(17-19-8-9-19)25(29)22-7-4-12-28(18-22)23-10-13-27(14-11-23)24-15-20-5-2-3-6-21(20)16-24/h2-3,5-6,19,22-24H,4,7-18H2,1H3. The Kier molecular flexibility index (Phi) is 5.66. The number of hydrogen-bond acceptors (Lipinski definition) is 3. The molecular formula is C25H37N3O. The van der Waals surface area contributed by atoms with E-state index >= 15 is 0 Å². The topological polar surface area (TPSA) is 26.8 Å². The summed E-state index contributed by atoms with van der Waals surface area (Å²) in [6.07, 6.45) is 9.91. The second-order valence-electron chi connectivity index (χ2n) is 10.1. The molecule has 3 fully saturated rings. The predicted octanol–water partition coefficient (Wildman–Crippen LogP) is 3.20. The van der Waals surface area contributed by atoms with Gasteiger partial charge >= 0.3 is 0 Å². The molecule has 2 saturated heterocycles. The quantitative estimate of drug-likeness (QED) is 0.766. The van der Waals surface area contributed by atoms with Gasteiger partial charge in [0.1, 0.15) is 0 Å². The van der Waals surface area contributed by atoms with Crippen molar-refractivity contribution in [3.8, 4) is 0 Å². The van der Waals surface area contributed by atoms with Crippen LogP contribution in [0.3, 0.4) is 0 Å². The van der Waals surface area contributed by atoms with Crippen molar-refractivity contribution in [3.63, 3.8) is 0 Å². The molecule has 2 aliphatic heterocycles. The van der Waals surface area contributed by atoms with Crippen LogP contribution in [0, 0.1) is 11.8 Å². The molecule has 0 spiro atoms. The number of benzene rings is 1. The minimum absolute atomic E-state index is 0.231. The first kappa shape index (κ1) is 19.6. The minimum atomic E-state index is 0.231. The summed E-state index contributed by atoms with van der Waals surface area (Å²) in [7, 11) is 2.03. The van der Waals surface area contributed by atoms with E-state index in [9.17, 15) is 4.79 Å². The Hall–Kier alpha value is -1.39. The van der Waals surface area contributed by atoms with Crippen LogP contribution in [0.25, 0.3) is 0 Å². The molecule has 2 heterocycles. The Morgan fingerprint density at radius 3 is 2.28 bits per heavy atom.